The second-order valence-electron chi connectivity index (χ2n) is 8.20. The molecule has 1 atom stereocenters. The number of ether oxygens (including phenoxy) is 2. The molecule has 0 radical (unpaired) electrons. The smallest absolute Gasteiger partial charge is 0.326 e. The van der Waals surface area contributed by atoms with Crippen molar-refractivity contribution in [1.82, 2.24) is 5.32 Å². The molecule has 34 heavy (non-hydrogen) atoms. The molecule has 1 amide bonds. The lowest BCUT2D eigenvalue weighted by Crippen LogP contribution is -2.46. The first-order valence-corrected chi connectivity index (χ1v) is 11.2. The lowest BCUT2D eigenvalue weighted by atomic mass is 9.97. The van der Waals surface area contributed by atoms with E-state index < -0.39 is 17.9 Å². The van der Waals surface area contributed by atoms with Crippen molar-refractivity contribution in [2.75, 3.05) is 21.3 Å². The quantitative estimate of drug-likeness (QED) is 0.357. The van der Waals surface area contributed by atoms with Crippen LogP contribution in [0.1, 0.15) is 38.3 Å². The van der Waals surface area contributed by atoms with Crippen LogP contribution in [0.3, 0.4) is 0 Å². The van der Waals surface area contributed by atoms with Crippen molar-refractivity contribution in [2.24, 2.45) is 11.1 Å². The predicted octanol–water partition coefficient (Wildman–Crippen LogP) is 4.09. The van der Waals surface area contributed by atoms with E-state index in [1.54, 1.807) is 28.1 Å². The van der Waals surface area contributed by atoms with Gasteiger partial charge < -0.3 is 24.7 Å². The van der Waals surface area contributed by atoms with Gasteiger partial charge in [-0.2, -0.15) is 0 Å². The number of oxime groups is 1. The molecule has 184 valence electrons. The molecule has 0 aliphatic rings. The van der Waals surface area contributed by atoms with Crippen LogP contribution < -0.4 is 14.8 Å². The fourth-order valence-corrected chi connectivity index (χ4v) is 3.67. The molecule has 8 heteroatoms. The second-order valence-corrected chi connectivity index (χ2v) is 8.20. The van der Waals surface area contributed by atoms with Crippen LogP contribution in [0.25, 0.3) is 11.1 Å². The molecule has 2 aromatic rings. The van der Waals surface area contributed by atoms with Crippen molar-refractivity contribution in [2.45, 2.75) is 46.1 Å². The van der Waals surface area contributed by atoms with Crippen molar-refractivity contribution >= 4 is 17.6 Å². The SMILES string of the molecule is CCCc1cc(OC)c(-c2ccc(C[C@H](NC(=O)C(=NOC)C(C)C)C(=O)O)cc2)c(OC)c1. The van der Waals surface area contributed by atoms with Gasteiger partial charge in [-0.05, 0) is 35.2 Å². The number of hydrogen-bond donors (Lipinski definition) is 2. The van der Waals surface area contributed by atoms with Crippen LogP contribution in [-0.2, 0) is 27.3 Å². The molecule has 0 aliphatic carbocycles. The lowest BCUT2D eigenvalue weighted by Gasteiger charge is -2.18. The summed E-state index contributed by atoms with van der Waals surface area (Å²) in [7, 11) is 4.59. The van der Waals surface area contributed by atoms with Crippen LogP contribution in [0.5, 0.6) is 11.5 Å². The van der Waals surface area contributed by atoms with Gasteiger partial charge in [0.05, 0.1) is 19.8 Å². The summed E-state index contributed by atoms with van der Waals surface area (Å²) >= 11 is 0. The minimum Gasteiger partial charge on any atom is -0.496 e. The molecule has 0 saturated carbocycles. The number of nitrogens with zero attached hydrogens (tertiary/aromatic N) is 1. The Hall–Kier alpha value is -3.55. The molecule has 8 nitrogen and oxygen atoms in total. The van der Waals surface area contributed by atoms with Gasteiger partial charge in [0.25, 0.3) is 5.91 Å². The maximum atomic E-state index is 12.5. The predicted molar refractivity (Wildman–Crippen MR) is 132 cm³/mol. The molecule has 2 rings (SSSR count). The first kappa shape index (κ1) is 26.7. The van der Waals surface area contributed by atoms with E-state index in [0.717, 1.165) is 35.1 Å². The van der Waals surface area contributed by atoms with Crippen molar-refractivity contribution in [3.63, 3.8) is 0 Å². The molecular formula is C26H34N2O6. The third-order valence-corrected chi connectivity index (χ3v) is 5.36. The molecule has 0 aliphatic heterocycles. The number of hydrogen-bond acceptors (Lipinski definition) is 6. The van der Waals surface area contributed by atoms with Gasteiger partial charge in [-0.25, -0.2) is 4.79 Å². The normalized spacial score (nSPS) is 12.3. The maximum absolute atomic E-state index is 12.5. The minimum absolute atomic E-state index is 0.115. The highest BCUT2D eigenvalue weighted by molar-refractivity contribution is 6.39. The first-order valence-electron chi connectivity index (χ1n) is 11.2. The number of aryl methyl sites for hydroxylation is 1. The third kappa shape index (κ3) is 6.73. The molecule has 2 aromatic carbocycles. The summed E-state index contributed by atoms with van der Waals surface area (Å²) in [6.45, 7) is 5.68. The van der Waals surface area contributed by atoms with Gasteiger partial charge in [0.2, 0.25) is 0 Å². The van der Waals surface area contributed by atoms with Crippen molar-refractivity contribution in [3.05, 3.63) is 47.5 Å². The Morgan fingerprint density at radius 1 is 1.00 bits per heavy atom. The zero-order valence-electron chi connectivity index (χ0n) is 20.7. The third-order valence-electron chi connectivity index (χ3n) is 5.36. The first-order chi connectivity index (χ1) is 16.2. The van der Waals surface area contributed by atoms with Crippen LogP contribution in [-0.4, -0.2) is 50.1 Å². The molecule has 2 N–H and O–H groups in total. The Balaban J connectivity index is 2.29. The van der Waals surface area contributed by atoms with Crippen LogP contribution in [0, 0.1) is 5.92 Å². The van der Waals surface area contributed by atoms with E-state index in [1.807, 2.05) is 36.4 Å². The number of benzene rings is 2. The Kier molecular flexibility index (Phi) is 9.92. The van der Waals surface area contributed by atoms with E-state index in [4.69, 9.17) is 14.3 Å². The second kappa shape index (κ2) is 12.6. The number of carbonyl (C=O) groups excluding carboxylic acids is 1. The average Bonchev–Trinajstić information content (AvgIpc) is 2.81. The van der Waals surface area contributed by atoms with E-state index in [0.29, 0.717) is 11.5 Å². The van der Waals surface area contributed by atoms with E-state index in [1.165, 1.54) is 7.11 Å². The van der Waals surface area contributed by atoms with Gasteiger partial charge >= 0.3 is 5.97 Å². The Labute approximate surface area is 200 Å². The van der Waals surface area contributed by atoms with Gasteiger partial charge in [-0.15, -0.1) is 0 Å². The van der Waals surface area contributed by atoms with E-state index in [9.17, 15) is 14.7 Å². The summed E-state index contributed by atoms with van der Waals surface area (Å²) in [5, 5.41) is 15.9. The van der Waals surface area contributed by atoms with Crippen LogP contribution in [0.4, 0.5) is 0 Å². The number of rotatable bonds is 12. The topological polar surface area (TPSA) is 106 Å². The number of methoxy groups -OCH3 is 2. The highest BCUT2D eigenvalue weighted by atomic mass is 16.6. The molecule has 0 fully saturated rings. The van der Waals surface area contributed by atoms with Crippen molar-refractivity contribution in [1.29, 1.82) is 0 Å². The molecule has 0 saturated heterocycles. The van der Waals surface area contributed by atoms with Crippen molar-refractivity contribution < 1.29 is 29.0 Å². The van der Waals surface area contributed by atoms with Gasteiger partial charge in [0, 0.05) is 12.3 Å². The zero-order chi connectivity index (χ0) is 25.3. The molecule has 0 spiro atoms. The maximum Gasteiger partial charge on any atom is 0.326 e. The minimum atomic E-state index is -1.13. The van der Waals surface area contributed by atoms with Gasteiger partial charge in [0.1, 0.15) is 30.4 Å². The molecule has 0 heterocycles. The van der Waals surface area contributed by atoms with E-state index >= 15 is 0 Å². The summed E-state index contributed by atoms with van der Waals surface area (Å²) in [5.74, 6) is -0.493. The Morgan fingerprint density at radius 3 is 2.03 bits per heavy atom. The summed E-state index contributed by atoms with van der Waals surface area (Å²) in [4.78, 5) is 29.1. The van der Waals surface area contributed by atoms with Gasteiger partial charge in [0.15, 0.2) is 0 Å². The largest absolute Gasteiger partial charge is 0.496 e. The molecular weight excluding hydrogens is 436 g/mol. The van der Waals surface area contributed by atoms with Crippen molar-refractivity contribution in [3.8, 4) is 22.6 Å². The summed E-state index contributed by atoms with van der Waals surface area (Å²) in [6, 6.07) is 10.4. The van der Waals surface area contributed by atoms with Crippen LogP contribution in [0.2, 0.25) is 0 Å². The van der Waals surface area contributed by atoms with Gasteiger partial charge in [-0.1, -0.05) is 56.6 Å². The molecule has 0 unspecified atom stereocenters. The highest BCUT2D eigenvalue weighted by Crippen LogP contribution is 2.40. The Bertz CT molecular complexity index is 989. The van der Waals surface area contributed by atoms with Gasteiger partial charge in [-0.3, -0.25) is 4.79 Å². The van der Waals surface area contributed by atoms with E-state index in [2.05, 4.69) is 17.4 Å². The van der Waals surface area contributed by atoms with E-state index in [-0.39, 0.29) is 18.1 Å². The Morgan fingerprint density at radius 2 is 1.59 bits per heavy atom. The highest BCUT2D eigenvalue weighted by Gasteiger charge is 2.25. The average molecular weight is 471 g/mol. The van der Waals surface area contributed by atoms with Crippen LogP contribution in [0.15, 0.2) is 41.6 Å². The molecule has 0 bridgehead atoms. The standard InChI is InChI=1S/C26H34N2O6/c1-7-8-18-14-21(32-4)23(22(15-18)33-5)19-11-9-17(10-12-19)13-20(26(30)31)27-25(29)24(16(2)3)28-34-6/h9-12,14-16,20H,7-8,13H2,1-6H3,(H,27,29)(H,30,31)/t20-/m0/s1. The summed E-state index contributed by atoms with van der Waals surface area (Å²) < 4.78 is 11.3. The number of aliphatic carboxylic acids is 1. The zero-order valence-corrected chi connectivity index (χ0v) is 20.7. The summed E-state index contributed by atoms with van der Waals surface area (Å²) in [5.41, 5.74) is 3.73. The fraction of sp³-hybridized carbons (Fsp3) is 0.423. The van der Waals surface area contributed by atoms with Crippen LogP contribution >= 0.6 is 0 Å². The lowest BCUT2D eigenvalue weighted by molar-refractivity contribution is -0.141. The number of carboxylic acid groups (broad SMARTS) is 1. The number of carboxylic acids is 1. The summed E-state index contributed by atoms with van der Waals surface area (Å²) in [6.07, 6.45) is 2.04. The number of amides is 1. The molecule has 0 aromatic heterocycles. The number of carbonyl (C=O) groups is 2. The monoisotopic (exact) mass is 470 g/mol. The number of nitrogens with one attached hydrogen (secondary N) is 1. The fourth-order valence-electron chi connectivity index (χ4n) is 3.67.